The van der Waals surface area contributed by atoms with Gasteiger partial charge in [0.15, 0.2) is 0 Å². The van der Waals surface area contributed by atoms with Crippen LogP contribution in [0, 0.1) is 5.92 Å². The van der Waals surface area contributed by atoms with Crippen molar-refractivity contribution < 1.29 is 4.74 Å². The van der Waals surface area contributed by atoms with Crippen LogP contribution < -0.4 is 5.32 Å². The van der Waals surface area contributed by atoms with Crippen LogP contribution in [-0.2, 0) is 4.74 Å². The van der Waals surface area contributed by atoms with Gasteiger partial charge in [0.2, 0.25) is 0 Å². The first-order chi connectivity index (χ1) is 5.11. The summed E-state index contributed by atoms with van der Waals surface area (Å²) in [5.74, 6) is 0.727. The first-order valence-corrected chi connectivity index (χ1v) is 4.31. The molecule has 0 aliphatic carbocycles. The van der Waals surface area contributed by atoms with Crippen LogP contribution in [0.15, 0.2) is 0 Å². The zero-order valence-electron chi connectivity index (χ0n) is 8.35. The van der Waals surface area contributed by atoms with Gasteiger partial charge in [-0.1, -0.05) is 13.8 Å². The second kappa shape index (κ2) is 5.56. The number of methoxy groups -OCH3 is 1. The third-order valence-corrected chi connectivity index (χ3v) is 2.03. The van der Waals surface area contributed by atoms with Gasteiger partial charge in [0, 0.05) is 13.2 Å². The predicted molar refractivity (Wildman–Crippen MR) is 48.8 cm³/mol. The Hall–Kier alpha value is -0.0800. The van der Waals surface area contributed by atoms with E-state index in [2.05, 4.69) is 26.1 Å². The number of hydrogen-bond acceptors (Lipinski definition) is 2. The Morgan fingerprint density at radius 1 is 1.27 bits per heavy atom. The standard InChI is InChI=1S/C9H21NO/c1-7(2)6-9(10-4)8(3)11-5/h7-10H,6H2,1-5H3. The fourth-order valence-electron chi connectivity index (χ4n) is 1.22. The first kappa shape index (κ1) is 10.9. The number of ether oxygens (including phenoxy) is 1. The van der Waals surface area contributed by atoms with Crippen LogP contribution in [0.25, 0.3) is 0 Å². The van der Waals surface area contributed by atoms with Crippen LogP contribution in [0.1, 0.15) is 27.2 Å². The van der Waals surface area contributed by atoms with Crippen LogP contribution in [0.2, 0.25) is 0 Å². The fraction of sp³-hybridized carbons (Fsp3) is 1.00. The van der Waals surface area contributed by atoms with E-state index in [1.807, 2.05) is 7.05 Å². The highest BCUT2D eigenvalue weighted by atomic mass is 16.5. The molecule has 2 unspecified atom stereocenters. The lowest BCUT2D eigenvalue weighted by molar-refractivity contribution is 0.0784. The van der Waals surface area contributed by atoms with Gasteiger partial charge in [-0.15, -0.1) is 0 Å². The van der Waals surface area contributed by atoms with Gasteiger partial charge in [-0.2, -0.15) is 0 Å². The molecule has 0 rings (SSSR count). The molecule has 0 aromatic carbocycles. The van der Waals surface area contributed by atoms with Crippen molar-refractivity contribution in [3.8, 4) is 0 Å². The lowest BCUT2D eigenvalue weighted by atomic mass is 10.0. The Kier molecular flexibility index (Phi) is 5.51. The molecule has 0 saturated heterocycles. The summed E-state index contributed by atoms with van der Waals surface area (Å²) >= 11 is 0. The molecule has 0 amide bonds. The molecule has 0 aromatic heterocycles. The van der Waals surface area contributed by atoms with E-state index in [0.717, 1.165) is 5.92 Å². The minimum absolute atomic E-state index is 0.308. The van der Waals surface area contributed by atoms with Crippen molar-refractivity contribution in [2.45, 2.75) is 39.3 Å². The molecule has 0 aliphatic rings. The predicted octanol–water partition coefficient (Wildman–Crippen LogP) is 1.66. The summed E-state index contributed by atoms with van der Waals surface area (Å²) in [6.45, 7) is 6.56. The zero-order valence-corrected chi connectivity index (χ0v) is 8.35. The van der Waals surface area contributed by atoms with E-state index in [1.54, 1.807) is 7.11 Å². The molecular weight excluding hydrogens is 138 g/mol. The number of likely N-dealkylation sites (N-methyl/N-ethyl adjacent to an activating group) is 1. The van der Waals surface area contributed by atoms with E-state index >= 15 is 0 Å². The Bertz CT molecular complexity index is 93.6. The smallest absolute Gasteiger partial charge is 0.0696 e. The lowest BCUT2D eigenvalue weighted by Crippen LogP contribution is -2.37. The number of nitrogens with one attached hydrogen (secondary N) is 1. The normalized spacial score (nSPS) is 16.9. The van der Waals surface area contributed by atoms with Crippen molar-refractivity contribution in [3.05, 3.63) is 0 Å². The van der Waals surface area contributed by atoms with E-state index in [0.29, 0.717) is 12.1 Å². The highest BCUT2D eigenvalue weighted by molar-refractivity contribution is 4.72. The quantitative estimate of drug-likeness (QED) is 0.658. The van der Waals surface area contributed by atoms with Gasteiger partial charge in [0.1, 0.15) is 0 Å². The fourth-order valence-corrected chi connectivity index (χ4v) is 1.22. The Morgan fingerprint density at radius 3 is 2.09 bits per heavy atom. The maximum Gasteiger partial charge on any atom is 0.0696 e. The van der Waals surface area contributed by atoms with Crippen LogP contribution in [0.4, 0.5) is 0 Å². The first-order valence-electron chi connectivity index (χ1n) is 4.31. The molecule has 2 heteroatoms. The maximum atomic E-state index is 5.24. The van der Waals surface area contributed by atoms with Crippen molar-refractivity contribution >= 4 is 0 Å². The summed E-state index contributed by atoms with van der Waals surface area (Å²) < 4.78 is 5.24. The summed E-state index contributed by atoms with van der Waals surface area (Å²) in [4.78, 5) is 0. The van der Waals surface area contributed by atoms with E-state index in [4.69, 9.17) is 4.74 Å². The summed E-state index contributed by atoms with van der Waals surface area (Å²) in [6, 6.07) is 0.486. The van der Waals surface area contributed by atoms with Crippen molar-refractivity contribution in [2.75, 3.05) is 14.2 Å². The minimum Gasteiger partial charge on any atom is -0.380 e. The molecule has 0 aromatic rings. The van der Waals surface area contributed by atoms with Crippen molar-refractivity contribution in [3.63, 3.8) is 0 Å². The summed E-state index contributed by atoms with van der Waals surface area (Å²) in [5.41, 5.74) is 0. The van der Waals surface area contributed by atoms with Gasteiger partial charge >= 0.3 is 0 Å². The third-order valence-electron chi connectivity index (χ3n) is 2.03. The second-order valence-electron chi connectivity index (χ2n) is 3.47. The van der Waals surface area contributed by atoms with Crippen LogP contribution in [-0.4, -0.2) is 26.3 Å². The Morgan fingerprint density at radius 2 is 1.82 bits per heavy atom. The summed E-state index contributed by atoms with van der Waals surface area (Å²) in [5, 5.41) is 3.26. The molecule has 2 nitrogen and oxygen atoms in total. The van der Waals surface area contributed by atoms with Crippen molar-refractivity contribution in [1.82, 2.24) is 5.32 Å². The zero-order chi connectivity index (χ0) is 8.85. The Balaban J connectivity index is 3.74. The SMILES string of the molecule is CNC(CC(C)C)C(C)OC. The van der Waals surface area contributed by atoms with E-state index in [-0.39, 0.29) is 0 Å². The van der Waals surface area contributed by atoms with E-state index < -0.39 is 0 Å². The van der Waals surface area contributed by atoms with Gasteiger partial charge in [0.25, 0.3) is 0 Å². The molecule has 0 saturated carbocycles. The molecule has 11 heavy (non-hydrogen) atoms. The summed E-state index contributed by atoms with van der Waals surface area (Å²) in [7, 11) is 3.75. The summed E-state index contributed by atoms with van der Waals surface area (Å²) in [6.07, 6.45) is 1.48. The molecule has 0 radical (unpaired) electrons. The molecule has 0 fully saturated rings. The van der Waals surface area contributed by atoms with Crippen LogP contribution in [0.5, 0.6) is 0 Å². The maximum absolute atomic E-state index is 5.24. The molecule has 0 bridgehead atoms. The van der Waals surface area contributed by atoms with Gasteiger partial charge in [-0.25, -0.2) is 0 Å². The van der Waals surface area contributed by atoms with Crippen molar-refractivity contribution in [1.29, 1.82) is 0 Å². The van der Waals surface area contributed by atoms with Gasteiger partial charge in [-0.05, 0) is 26.3 Å². The highest BCUT2D eigenvalue weighted by Gasteiger charge is 2.15. The van der Waals surface area contributed by atoms with Gasteiger partial charge in [-0.3, -0.25) is 0 Å². The molecule has 68 valence electrons. The van der Waals surface area contributed by atoms with E-state index in [9.17, 15) is 0 Å². The topological polar surface area (TPSA) is 21.3 Å². The average molecular weight is 159 g/mol. The monoisotopic (exact) mass is 159 g/mol. The largest absolute Gasteiger partial charge is 0.380 e. The Labute approximate surface area is 70.3 Å². The third kappa shape index (κ3) is 4.38. The van der Waals surface area contributed by atoms with E-state index in [1.165, 1.54) is 6.42 Å². The van der Waals surface area contributed by atoms with Crippen LogP contribution in [0.3, 0.4) is 0 Å². The average Bonchev–Trinajstić information content (AvgIpc) is 1.98. The van der Waals surface area contributed by atoms with Gasteiger partial charge in [0.05, 0.1) is 6.10 Å². The number of hydrogen-bond donors (Lipinski definition) is 1. The minimum atomic E-state index is 0.308. The molecule has 1 N–H and O–H groups in total. The molecular formula is C9H21NO. The van der Waals surface area contributed by atoms with Crippen molar-refractivity contribution in [2.24, 2.45) is 5.92 Å². The molecule has 0 spiro atoms. The highest BCUT2D eigenvalue weighted by Crippen LogP contribution is 2.09. The second-order valence-corrected chi connectivity index (χ2v) is 3.47. The van der Waals surface area contributed by atoms with Gasteiger partial charge < -0.3 is 10.1 Å². The molecule has 0 aliphatic heterocycles. The number of rotatable bonds is 5. The van der Waals surface area contributed by atoms with Crippen LogP contribution >= 0.6 is 0 Å². The molecule has 0 heterocycles. The molecule has 2 atom stereocenters. The lowest BCUT2D eigenvalue weighted by Gasteiger charge is -2.23.